The Morgan fingerprint density at radius 2 is 2.21 bits per heavy atom. The Morgan fingerprint density at radius 1 is 1.50 bits per heavy atom. The van der Waals surface area contributed by atoms with Crippen molar-refractivity contribution in [3.05, 3.63) is 28.3 Å². The molecular weight excluding hydrogens is 198 g/mol. The zero-order valence-electron chi connectivity index (χ0n) is 8.23. The molecule has 0 fully saturated rings. The summed E-state index contributed by atoms with van der Waals surface area (Å²) in [4.78, 5) is 11.3. The number of carbonyl (C=O) groups is 1. The Hall–Kier alpha value is -1.02. The number of amides is 1. The molecule has 1 heterocycles. The molecule has 1 aliphatic rings. The smallest absolute Gasteiger partial charge is 0.224 e. The van der Waals surface area contributed by atoms with Crippen molar-refractivity contribution >= 4 is 23.2 Å². The first-order chi connectivity index (χ1) is 6.58. The van der Waals surface area contributed by atoms with Gasteiger partial charge in [-0.1, -0.05) is 18.5 Å². The normalized spacial score (nSPS) is 20.2. The van der Waals surface area contributed by atoms with Gasteiger partial charge in [-0.2, -0.15) is 0 Å². The number of fused-ring (bicyclic) bond motifs is 1. The van der Waals surface area contributed by atoms with Gasteiger partial charge in [0.05, 0.1) is 0 Å². The fourth-order valence-electron chi connectivity index (χ4n) is 1.91. The second-order valence-corrected chi connectivity index (χ2v) is 4.28. The fraction of sp³-hybridized carbons (Fsp3) is 0.364. The molecular formula is C11H12ClNO. The van der Waals surface area contributed by atoms with Crippen molar-refractivity contribution < 1.29 is 4.79 Å². The van der Waals surface area contributed by atoms with Crippen LogP contribution in [0.4, 0.5) is 5.69 Å². The van der Waals surface area contributed by atoms with E-state index in [9.17, 15) is 4.79 Å². The van der Waals surface area contributed by atoms with Gasteiger partial charge < -0.3 is 5.32 Å². The third-order valence-electron chi connectivity index (χ3n) is 2.62. The number of nitrogens with one attached hydrogen (secondary N) is 1. The van der Waals surface area contributed by atoms with Crippen molar-refractivity contribution in [3.63, 3.8) is 0 Å². The highest BCUT2D eigenvalue weighted by Gasteiger charge is 2.23. The van der Waals surface area contributed by atoms with Crippen LogP contribution in [0.25, 0.3) is 0 Å². The lowest BCUT2D eigenvalue weighted by Crippen LogP contribution is -2.22. The minimum Gasteiger partial charge on any atom is -0.326 e. The molecule has 0 bridgehead atoms. The molecule has 0 radical (unpaired) electrons. The fourth-order valence-corrected chi connectivity index (χ4v) is 2.19. The maximum Gasteiger partial charge on any atom is 0.224 e. The first-order valence-electron chi connectivity index (χ1n) is 4.68. The molecule has 1 atom stereocenters. The molecule has 74 valence electrons. The molecule has 0 saturated carbocycles. The largest absolute Gasteiger partial charge is 0.326 e. The number of hydrogen-bond acceptors (Lipinski definition) is 1. The van der Waals surface area contributed by atoms with E-state index < -0.39 is 0 Å². The molecule has 1 aromatic carbocycles. The number of hydrogen-bond donors (Lipinski definition) is 1. The first kappa shape index (κ1) is 9.53. The van der Waals surface area contributed by atoms with Gasteiger partial charge in [0.15, 0.2) is 0 Å². The molecule has 14 heavy (non-hydrogen) atoms. The van der Waals surface area contributed by atoms with Crippen LogP contribution < -0.4 is 5.32 Å². The maximum absolute atomic E-state index is 11.3. The summed E-state index contributed by atoms with van der Waals surface area (Å²) in [5, 5.41) is 3.63. The van der Waals surface area contributed by atoms with Crippen molar-refractivity contribution in [3.8, 4) is 0 Å². The Bertz CT molecular complexity index is 401. The number of carbonyl (C=O) groups excluding carboxylic acids is 1. The van der Waals surface area contributed by atoms with Crippen LogP contribution in [0, 0.1) is 6.92 Å². The summed E-state index contributed by atoms with van der Waals surface area (Å²) in [6.45, 7) is 4.01. The van der Waals surface area contributed by atoms with E-state index >= 15 is 0 Å². The van der Waals surface area contributed by atoms with Crippen LogP contribution in [0.2, 0.25) is 5.02 Å². The maximum atomic E-state index is 11.3. The highest BCUT2D eigenvalue weighted by molar-refractivity contribution is 6.30. The number of aryl methyl sites for hydroxylation is 1. The van der Waals surface area contributed by atoms with Gasteiger partial charge in [-0.05, 0) is 36.1 Å². The highest BCUT2D eigenvalue weighted by atomic mass is 35.5. The number of halogens is 1. The molecule has 0 spiro atoms. The molecule has 0 aliphatic carbocycles. The Labute approximate surface area is 88.3 Å². The van der Waals surface area contributed by atoms with Crippen molar-refractivity contribution in [2.24, 2.45) is 0 Å². The zero-order chi connectivity index (χ0) is 10.3. The molecule has 2 rings (SSSR count). The summed E-state index contributed by atoms with van der Waals surface area (Å²) >= 11 is 5.97. The molecule has 1 N–H and O–H groups in total. The second kappa shape index (κ2) is 3.28. The number of anilines is 1. The third-order valence-corrected chi connectivity index (χ3v) is 2.84. The van der Waals surface area contributed by atoms with Gasteiger partial charge in [0.1, 0.15) is 0 Å². The monoisotopic (exact) mass is 209 g/mol. The molecule has 1 aromatic rings. The average Bonchev–Trinajstić information content (AvgIpc) is 2.07. The van der Waals surface area contributed by atoms with Crippen LogP contribution in [0.1, 0.15) is 30.4 Å². The number of rotatable bonds is 0. The standard InChI is InChI=1S/C11H12ClNO/c1-6-4-10(14)13-11-7(2)3-8(12)5-9(6)11/h3,5-6H,4H2,1-2H3,(H,13,14). The van der Waals surface area contributed by atoms with E-state index in [0.717, 1.165) is 21.8 Å². The Kier molecular flexibility index (Phi) is 2.23. The summed E-state index contributed by atoms with van der Waals surface area (Å²) in [6, 6.07) is 3.81. The molecule has 0 saturated heterocycles. The van der Waals surface area contributed by atoms with Gasteiger partial charge in [-0.15, -0.1) is 0 Å². The molecule has 2 nitrogen and oxygen atoms in total. The predicted molar refractivity (Wildman–Crippen MR) is 57.9 cm³/mol. The van der Waals surface area contributed by atoms with Gasteiger partial charge in [-0.3, -0.25) is 4.79 Å². The molecule has 3 heteroatoms. The van der Waals surface area contributed by atoms with E-state index in [1.165, 1.54) is 0 Å². The van der Waals surface area contributed by atoms with Crippen LogP contribution >= 0.6 is 11.6 Å². The number of benzene rings is 1. The van der Waals surface area contributed by atoms with Crippen LogP contribution in [0.5, 0.6) is 0 Å². The van der Waals surface area contributed by atoms with E-state index in [2.05, 4.69) is 5.32 Å². The quantitative estimate of drug-likeness (QED) is 0.699. The van der Waals surface area contributed by atoms with Gasteiger partial charge in [0.25, 0.3) is 0 Å². The Morgan fingerprint density at radius 3 is 2.93 bits per heavy atom. The van der Waals surface area contributed by atoms with E-state index in [0.29, 0.717) is 6.42 Å². The third kappa shape index (κ3) is 1.50. The van der Waals surface area contributed by atoms with Gasteiger partial charge in [-0.25, -0.2) is 0 Å². The highest BCUT2D eigenvalue weighted by Crippen LogP contribution is 2.36. The lowest BCUT2D eigenvalue weighted by molar-refractivity contribution is -0.116. The van der Waals surface area contributed by atoms with Gasteiger partial charge >= 0.3 is 0 Å². The summed E-state index contributed by atoms with van der Waals surface area (Å²) in [7, 11) is 0. The van der Waals surface area contributed by atoms with Crippen LogP contribution in [-0.2, 0) is 4.79 Å². The zero-order valence-corrected chi connectivity index (χ0v) is 8.98. The first-order valence-corrected chi connectivity index (χ1v) is 5.05. The molecule has 1 aliphatic heterocycles. The lowest BCUT2D eigenvalue weighted by Gasteiger charge is -2.24. The van der Waals surface area contributed by atoms with Crippen LogP contribution in [0.3, 0.4) is 0 Å². The summed E-state index contributed by atoms with van der Waals surface area (Å²) in [5.74, 6) is 0.353. The average molecular weight is 210 g/mol. The van der Waals surface area contributed by atoms with Gasteiger partial charge in [0.2, 0.25) is 5.91 Å². The van der Waals surface area contributed by atoms with E-state index in [1.807, 2.05) is 26.0 Å². The topological polar surface area (TPSA) is 29.1 Å². The second-order valence-electron chi connectivity index (χ2n) is 3.84. The van der Waals surface area contributed by atoms with Crippen molar-refractivity contribution in [2.75, 3.05) is 5.32 Å². The SMILES string of the molecule is Cc1cc(Cl)cc2c1NC(=O)CC2C. The Balaban J connectivity index is 2.58. The summed E-state index contributed by atoms with van der Waals surface area (Å²) in [6.07, 6.45) is 0.548. The summed E-state index contributed by atoms with van der Waals surface area (Å²) < 4.78 is 0. The molecule has 1 unspecified atom stereocenters. The minimum atomic E-state index is 0.0930. The van der Waals surface area contributed by atoms with Crippen molar-refractivity contribution in [2.45, 2.75) is 26.2 Å². The summed E-state index contributed by atoms with van der Waals surface area (Å²) in [5.41, 5.74) is 3.13. The lowest BCUT2D eigenvalue weighted by atomic mass is 9.90. The molecule has 0 aromatic heterocycles. The van der Waals surface area contributed by atoms with Crippen LogP contribution in [0.15, 0.2) is 12.1 Å². The van der Waals surface area contributed by atoms with Crippen molar-refractivity contribution in [1.29, 1.82) is 0 Å². The predicted octanol–water partition coefficient (Wildman–Crippen LogP) is 3.09. The van der Waals surface area contributed by atoms with E-state index in [1.54, 1.807) is 0 Å². The van der Waals surface area contributed by atoms with E-state index in [4.69, 9.17) is 11.6 Å². The van der Waals surface area contributed by atoms with Crippen molar-refractivity contribution in [1.82, 2.24) is 0 Å². The molecule has 1 amide bonds. The van der Waals surface area contributed by atoms with Gasteiger partial charge in [0, 0.05) is 17.1 Å². The van der Waals surface area contributed by atoms with Crippen LogP contribution in [-0.4, -0.2) is 5.91 Å². The minimum absolute atomic E-state index is 0.0930. The van der Waals surface area contributed by atoms with E-state index in [-0.39, 0.29) is 11.8 Å².